The molecule has 1 heterocycles. The van der Waals surface area contributed by atoms with E-state index in [1.807, 2.05) is 54.6 Å². The Morgan fingerprint density at radius 1 is 1.00 bits per heavy atom. The number of hydrogen-bond donors (Lipinski definition) is 0. The van der Waals surface area contributed by atoms with E-state index in [0.717, 1.165) is 11.1 Å². The first-order valence-electron chi connectivity index (χ1n) is 8.22. The summed E-state index contributed by atoms with van der Waals surface area (Å²) in [6.45, 7) is 0. The molecule has 3 rings (SSSR count). The highest BCUT2D eigenvalue weighted by Crippen LogP contribution is 2.33. The number of allylic oxidation sites excluding steroid dienone is 1. The topological polar surface area (TPSA) is 63.9 Å². The van der Waals surface area contributed by atoms with E-state index in [1.54, 1.807) is 19.0 Å². The third-order valence-electron chi connectivity index (χ3n) is 3.82. The lowest BCUT2D eigenvalue weighted by molar-refractivity contribution is -0.113. The smallest absolute Gasteiger partial charge is 0.253 e. The Labute approximate surface area is 177 Å². The van der Waals surface area contributed by atoms with Gasteiger partial charge in [-0.15, -0.1) is 5.10 Å². The fourth-order valence-electron chi connectivity index (χ4n) is 2.58. The van der Waals surface area contributed by atoms with Gasteiger partial charge < -0.3 is 4.90 Å². The van der Waals surface area contributed by atoms with Crippen molar-refractivity contribution in [1.82, 2.24) is 25.1 Å². The molecular weight excluding hydrogens is 421 g/mol. The van der Waals surface area contributed by atoms with E-state index in [4.69, 9.17) is 34.8 Å². The maximum Gasteiger partial charge on any atom is 0.253 e. The van der Waals surface area contributed by atoms with Gasteiger partial charge in [0.15, 0.2) is 5.82 Å². The number of alkyl halides is 3. The molecule has 0 spiro atoms. The summed E-state index contributed by atoms with van der Waals surface area (Å²) in [5.41, 5.74) is 2.88. The van der Waals surface area contributed by atoms with Crippen LogP contribution in [0.1, 0.15) is 5.82 Å². The zero-order valence-corrected chi connectivity index (χ0v) is 17.3. The highest BCUT2D eigenvalue weighted by Gasteiger charge is 2.36. The zero-order valence-electron chi connectivity index (χ0n) is 15.1. The van der Waals surface area contributed by atoms with Crippen LogP contribution in [-0.4, -0.2) is 48.8 Å². The monoisotopic (exact) mass is 435 g/mol. The summed E-state index contributed by atoms with van der Waals surface area (Å²) in [5, 5.41) is 11.7. The van der Waals surface area contributed by atoms with Crippen molar-refractivity contribution in [2.45, 2.75) is 3.79 Å². The molecule has 3 aromatic rings. The molecule has 0 unspecified atom stereocenters. The van der Waals surface area contributed by atoms with Crippen LogP contribution in [0.3, 0.4) is 0 Å². The molecule has 1 aromatic heterocycles. The van der Waals surface area contributed by atoms with Gasteiger partial charge in [0.2, 0.25) is 5.78 Å². The molecule has 0 aliphatic rings. The summed E-state index contributed by atoms with van der Waals surface area (Å²) < 4.78 is -0.700. The molecule has 9 heteroatoms. The molecule has 2 aromatic carbocycles. The number of halogens is 3. The molecule has 0 saturated carbocycles. The van der Waals surface area contributed by atoms with Gasteiger partial charge in [-0.1, -0.05) is 77.3 Å². The molecule has 0 fully saturated rings. The third-order valence-corrected chi connectivity index (χ3v) is 4.33. The van der Waals surface area contributed by atoms with Crippen LogP contribution < -0.4 is 0 Å². The van der Waals surface area contributed by atoms with Crippen LogP contribution in [0, 0.1) is 0 Å². The standard InChI is InChI=1S/C19H16Cl3N5O/c1-26(2)12-16(17(28)19(20,21)22)18-23-24-25-27(18)15-10-8-14(9-11-15)13-6-4-3-5-7-13/h3-12H,1-2H3/b16-12-. The van der Waals surface area contributed by atoms with Crippen molar-refractivity contribution < 1.29 is 4.79 Å². The first-order valence-corrected chi connectivity index (χ1v) is 9.35. The first-order chi connectivity index (χ1) is 13.3. The molecular formula is C19H16Cl3N5O. The van der Waals surface area contributed by atoms with Gasteiger partial charge in [0, 0.05) is 20.3 Å². The molecule has 0 amide bonds. The van der Waals surface area contributed by atoms with Gasteiger partial charge in [0.05, 0.1) is 11.3 Å². The van der Waals surface area contributed by atoms with Crippen molar-refractivity contribution in [3.8, 4) is 16.8 Å². The molecule has 0 aliphatic heterocycles. The van der Waals surface area contributed by atoms with Gasteiger partial charge in [0.1, 0.15) is 0 Å². The summed E-state index contributed by atoms with van der Waals surface area (Å²) in [7, 11) is 3.49. The van der Waals surface area contributed by atoms with Gasteiger partial charge in [-0.3, -0.25) is 4.79 Å². The number of carbonyl (C=O) groups excluding carboxylic acids is 1. The highest BCUT2D eigenvalue weighted by atomic mass is 35.6. The number of carbonyl (C=O) groups is 1. The van der Waals surface area contributed by atoms with Crippen LogP contribution in [0.4, 0.5) is 0 Å². The molecule has 28 heavy (non-hydrogen) atoms. The number of Topliss-reactive ketones (excluding diaryl/α,β-unsaturated/α-hetero) is 1. The van der Waals surface area contributed by atoms with Crippen molar-refractivity contribution in [2.24, 2.45) is 0 Å². The minimum atomic E-state index is -2.13. The Bertz CT molecular complexity index is 992. The van der Waals surface area contributed by atoms with E-state index in [0.29, 0.717) is 5.69 Å². The molecule has 0 atom stereocenters. The van der Waals surface area contributed by atoms with Crippen LogP contribution in [0.15, 0.2) is 60.8 Å². The first kappa shape index (κ1) is 20.3. The van der Waals surface area contributed by atoms with E-state index in [1.165, 1.54) is 10.9 Å². The Kier molecular flexibility index (Phi) is 6.03. The summed E-state index contributed by atoms with van der Waals surface area (Å²) >= 11 is 17.4. The van der Waals surface area contributed by atoms with Gasteiger partial charge in [-0.2, -0.15) is 4.68 Å². The summed E-state index contributed by atoms with van der Waals surface area (Å²) in [5.74, 6) is -0.541. The van der Waals surface area contributed by atoms with E-state index in [-0.39, 0.29) is 11.4 Å². The summed E-state index contributed by atoms with van der Waals surface area (Å²) in [4.78, 5) is 14.3. The SMILES string of the molecule is CN(C)/C=C(/C(=O)C(Cl)(Cl)Cl)c1nnnn1-c1ccc(-c2ccccc2)cc1. The number of rotatable bonds is 5. The maximum absolute atomic E-state index is 12.6. The molecule has 0 saturated heterocycles. The van der Waals surface area contributed by atoms with Crippen molar-refractivity contribution in [2.75, 3.05) is 14.1 Å². The molecule has 144 valence electrons. The number of tetrazole rings is 1. The van der Waals surface area contributed by atoms with Gasteiger partial charge >= 0.3 is 0 Å². The van der Waals surface area contributed by atoms with E-state index in [2.05, 4.69) is 15.5 Å². The highest BCUT2D eigenvalue weighted by molar-refractivity contribution is 6.79. The van der Waals surface area contributed by atoms with E-state index < -0.39 is 9.58 Å². The number of ketones is 1. The Morgan fingerprint density at radius 2 is 1.61 bits per heavy atom. The maximum atomic E-state index is 12.6. The van der Waals surface area contributed by atoms with Crippen molar-refractivity contribution in [3.05, 3.63) is 66.6 Å². The zero-order chi connectivity index (χ0) is 20.3. The average molecular weight is 437 g/mol. The molecule has 0 radical (unpaired) electrons. The van der Waals surface area contributed by atoms with Crippen LogP contribution in [0.25, 0.3) is 22.4 Å². The van der Waals surface area contributed by atoms with Crippen LogP contribution >= 0.6 is 34.8 Å². The number of benzene rings is 2. The minimum Gasteiger partial charge on any atom is -0.383 e. The number of nitrogens with zero attached hydrogens (tertiary/aromatic N) is 5. The average Bonchev–Trinajstić information content (AvgIpc) is 3.15. The fraction of sp³-hybridized carbons (Fsp3) is 0.158. The van der Waals surface area contributed by atoms with Crippen LogP contribution in [0.5, 0.6) is 0 Å². The lowest BCUT2D eigenvalue weighted by Crippen LogP contribution is -2.23. The van der Waals surface area contributed by atoms with Crippen molar-refractivity contribution in [3.63, 3.8) is 0 Å². The second kappa shape index (κ2) is 8.31. The van der Waals surface area contributed by atoms with E-state index >= 15 is 0 Å². The minimum absolute atomic E-state index is 0.0853. The van der Waals surface area contributed by atoms with Gasteiger partial charge in [-0.25, -0.2) is 0 Å². The molecule has 0 N–H and O–H groups in total. The summed E-state index contributed by atoms with van der Waals surface area (Å²) in [6, 6.07) is 17.6. The second-order valence-electron chi connectivity index (χ2n) is 6.16. The van der Waals surface area contributed by atoms with Crippen LogP contribution in [-0.2, 0) is 4.79 Å². The Balaban J connectivity index is 2.02. The molecule has 0 bridgehead atoms. The number of hydrogen-bond acceptors (Lipinski definition) is 5. The normalized spacial score (nSPS) is 12.1. The lowest BCUT2D eigenvalue weighted by atomic mass is 10.1. The lowest BCUT2D eigenvalue weighted by Gasteiger charge is -2.15. The van der Waals surface area contributed by atoms with E-state index in [9.17, 15) is 4.79 Å². The van der Waals surface area contributed by atoms with Gasteiger partial charge in [0.25, 0.3) is 3.79 Å². The predicted octanol–water partition coefficient (Wildman–Crippen LogP) is 4.17. The quantitative estimate of drug-likeness (QED) is 0.444. The van der Waals surface area contributed by atoms with Crippen molar-refractivity contribution in [1.29, 1.82) is 0 Å². The third kappa shape index (κ3) is 4.52. The largest absolute Gasteiger partial charge is 0.383 e. The van der Waals surface area contributed by atoms with Gasteiger partial charge in [-0.05, 0) is 33.7 Å². The summed E-state index contributed by atoms with van der Waals surface area (Å²) in [6.07, 6.45) is 1.52. The second-order valence-corrected chi connectivity index (χ2v) is 8.44. The van der Waals surface area contributed by atoms with Crippen molar-refractivity contribution >= 4 is 46.2 Å². The molecule has 0 aliphatic carbocycles. The van der Waals surface area contributed by atoms with Crippen LogP contribution in [0.2, 0.25) is 0 Å². The predicted molar refractivity (Wildman–Crippen MR) is 112 cm³/mol. The molecule has 6 nitrogen and oxygen atoms in total. The Morgan fingerprint density at radius 3 is 2.18 bits per heavy atom. The fourth-order valence-corrected chi connectivity index (χ4v) is 2.89. The number of aromatic nitrogens is 4. The Hall–Kier alpha value is -2.41.